The Labute approximate surface area is 97.2 Å². The average molecular weight is 244 g/mol. The van der Waals surface area contributed by atoms with E-state index in [1.807, 2.05) is 11.4 Å². The Morgan fingerprint density at radius 2 is 2.33 bits per heavy atom. The van der Waals surface area contributed by atoms with E-state index in [9.17, 15) is 9.00 Å². The van der Waals surface area contributed by atoms with Gasteiger partial charge in [-0.3, -0.25) is 9.00 Å². The first kappa shape index (κ1) is 12.6. The van der Waals surface area contributed by atoms with Crippen LogP contribution in [-0.4, -0.2) is 21.5 Å². The van der Waals surface area contributed by atoms with Crippen molar-refractivity contribution < 1.29 is 9.00 Å². The van der Waals surface area contributed by atoms with Gasteiger partial charge in [0, 0.05) is 16.6 Å². The lowest BCUT2D eigenvalue weighted by molar-refractivity contribution is 0.102. The Hall–Kier alpha value is -0.480. The largest absolute Gasteiger partial charge is 0.292 e. The fourth-order valence-electron chi connectivity index (χ4n) is 1.15. The third-order valence-corrected chi connectivity index (χ3v) is 4.69. The number of carbonyl (C=O) groups excluding carboxylic acids is 1. The molecule has 2 unspecified atom stereocenters. The van der Waals surface area contributed by atoms with Gasteiger partial charge < -0.3 is 0 Å². The van der Waals surface area contributed by atoms with E-state index in [2.05, 4.69) is 13.8 Å². The van der Waals surface area contributed by atoms with Gasteiger partial charge in [-0.15, -0.1) is 11.3 Å². The van der Waals surface area contributed by atoms with Crippen LogP contribution in [0.25, 0.3) is 0 Å². The molecule has 1 aromatic heterocycles. The van der Waals surface area contributed by atoms with Crippen LogP contribution in [0, 0.1) is 5.92 Å². The van der Waals surface area contributed by atoms with Gasteiger partial charge in [-0.1, -0.05) is 26.3 Å². The maximum atomic E-state index is 11.6. The quantitative estimate of drug-likeness (QED) is 0.721. The van der Waals surface area contributed by atoms with E-state index in [1.54, 1.807) is 6.07 Å². The fourth-order valence-corrected chi connectivity index (χ4v) is 3.34. The Morgan fingerprint density at radius 3 is 2.87 bits per heavy atom. The molecule has 0 aliphatic rings. The molecule has 15 heavy (non-hydrogen) atoms. The van der Waals surface area contributed by atoms with Crippen molar-refractivity contribution in [1.29, 1.82) is 0 Å². The molecule has 0 saturated carbocycles. The highest BCUT2D eigenvalue weighted by atomic mass is 32.2. The van der Waals surface area contributed by atoms with Crippen LogP contribution < -0.4 is 0 Å². The monoisotopic (exact) mass is 244 g/mol. The number of carbonyl (C=O) groups is 1. The van der Waals surface area contributed by atoms with Crippen LogP contribution in [0.2, 0.25) is 0 Å². The molecule has 4 heteroatoms. The topological polar surface area (TPSA) is 34.1 Å². The van der Waals surface area contributed by atoms with Gasteiger partial charge in [0.25, 0.3) is 0 Å². The molecule has 0 spiro atoms. The van der Waals surface area contributed by atoms with E-state index in [1.165, 1.54) is 11.3 Å². The summed E-state index contributed by atoms with van der Waals surface area (Å²) in [6.07, 6.45) is 1.01. The molecule has 84 valence electrons. The second-order valence-electron chi connectivity index (χ2n) is 3.66. The minimum atomic E-state index is -1.01. The molecule has 0 aromatic carbocycles. The summed E-state index contributed by atoms with van der Waals surface area (Å²) in [5.74, 6) is 1.24. The van der Waals surface area contributed by atoms with Crippen LogP contribution in [0.5, 0.6) is 0 Å². The molecule has 0 fully saturated rings. The molecular weight excluding hydrogens is 228 g/mol. The smallest absolute Gasteiger partial charge is 0.185 e. The molecule has 0 aliphatic carbocycles. The van der Waals surface area contributed by atoms with E-state index in [0.717, 1.165) is 6.42 Å². The van der Waals surface area contributed by atoms with Crippen LogP contribution in [0.1, 0.15) is 29.9 Å². The molecule has 2 nitrogen and oxygen atoms in total. The first-order valence-electron chi connectivity index (χ1n) is 5.05. The number of ketones is 1. The second kappa shape index (κ2) is 6.18. The molecule has 0 radical (unpaired) electrons. The second-order valence-corrected chi connectivity index (χ2v) is 6.11. The molecule has 1 aromatic rings. The Morgan fingerprint density at radius 1 is 1.60 bits per heavy atom. The van der Waals surface area contributed by atoms with Gasteiger partial charge in [0.15, 0.2) is 5.78 Å². The van der Waals surface area contributed by atoms with Crippen molar-refractivity contribution in [3.63, 3.8) is 0 Å². The van der Waals surface area contributed by atoms with Gasteiger partial charge in [-0.25, -0.2) is 0 Å². The van der Waals surface area contributed by atoms with Gasteiger partial charge in [-0.05, 0) is 17.4 Å². The minimum Gasteiger partial charge on any atom is -0.292 e. The average Bonchev–Trinajstić information content (AvgIpc) is 2.70. The van der Waals surface area contributed by atoms with Crippen LogP contribution in [0.3, 0.4) is 0 Å². The zero-order valence-electron chi connectivity index (χ0n) is 9.06. The van der Waals surface area contributed by atoms with Crippen molar-refractivity contribution in [2.45, 2.75) is 20.3 Å². The summed E-state index contributed by atoms with van der Waals surface area (Å²) in [5.41, 5.74) is 0. The van der Waals surface area contributed by atoms with Gasteiger partial charge >= 0.3 is 0 Å². The van der Waals surface area contributed by atoms with Crippen molar-refractivity contribution in [2.24, 2.45) is 5.92 Å². The third-order valence-electron chi connectivity index (χ3n) is 2.26. The Bertz CT molecular complexity index is 330. The molecular formula is C11H16O2S2. The van der Waals surface area contributed by atoms with Crippen LogP contribution >= 0.6 is 11.3 Å². The molecule has 0 aliphatic heterocycles. The van der Waals surface area contributed by atoms with E-state index < -0.39 is 10.8 Å². The maximum Gasteiger partial charge on any atom is 0.185 e. The summed E-state index contributed by atoms with van der Waals surface area (Å²) < 4.78 is 11.6. The van der Waals surface area contributed by atoms with Gasteiger partial charge in [0.05, 0.1) is 10.6 Å². The number of Topliss-reactive ketones (excluding diaryl/α,β-unsaturated/α-hetero) is 1. The summed E-state index contributed by atoms with van der Waals surface area (Å²) in [7, 11) is -1.01. The fraction of sp³-hybridized carbons (Fsp3) is 0.545. The number of rotatable bonds is 6. The Kier molecular flexibility index (Phi) is 5.19. The van der Waals surface area contributed by atoms with E-state index in [-0.39, 0.29) is 11.5 Å². The lowest BCUT2D eigenvalue weighted by Crippen LogP contribution is -2.16. The highest BCUT2D eigenvalue weighted by Crippen LogP contribution is 2.11. The standard InChI is InChI=1S/C11H16O2S2/c1-3-9(2)7-15(13)8-10(12)11-5-4-6-14-11/h4-6,9H,3,7-8H2,1-2H3. The SMILES string of the molecule is CCC(C)CS(=O)CC(=O)c1cccs1. The molecule has 1 rings (SSSR count). The summed E-state index contributed by atoms with van der Waals surface area (Å²) >= 11 is 1.41. The van der Waals surface area contributed by atoms with Gasteiger partial charge in [0.2, 0.25) is 0 Å². The minimum absolute atomic E-state index is 0.00614. The van der Waals surface area contributed by atoms with E-state index >= 15 is 0 Å². The maximum absolute atomic E-state index is 11.6. The normalized spacial score (nSPS) is 14.8. The first-order valence-corrected chi connectivity index (χ1v) is 7.42. The van der Waals surface area contributed by atoms with E-state index in [4.69, 9.17) is 0 Å². The number of hydrogen-bond acceptors (Lipinski definition) is 3. The van der Waals surface area contributed by atoms with Crippen LogP contribution in [0.15, 0.2) is 17.5 Å². The van der Waals surface area contributed by atoms with Gasteiger partial charge in [-0.2, -0.15) is 0 Å². The van der Waals surface area contributed by atoms with E-state index in [0.29, 0.717) is 16.5 Å². The van der Waals surface area contributed by atoms with Crippen molar-refractivity contribution in [3.8, 4) is 0 Å². The predicted octanol–water partition coefficient (Wildman–Crippen LogP) is 2.73. The zero-order chi connectivity index (χ0) is 11.3. The number of hydrogen-bond donors (Lipinski definition) is 0. The van der Waals surface area contributed by atoms with Crippen LogP contribution in [0.4, 0.5) is 0 Å². The lowest BCUT2D eigenvalue weighted by atomic mass is 10.2. The zero-order valence-corrected chi connectivity index (χ0v) is 10.7. The summed E-state index contributed by atoms with van der Waals surface area (Å²) in [4.78, 5) is 12.3. The first-order chi connectivity index (χ1) is 7.13. The lowest BCUT2D eigenvalue weighted by Gasteiger charge is -2.06. The van der Waals surface area contributed by atoms with Crippen LogP contribution in [-0.2, 0) is 10.8 Å². The van der Waals surface area contributed by atoms with Crippen molar-refractivity contribution >= 4 is 27.9 Å². The molecule has 2 atom stereocenters. The molecule has 0 N–H and O–H groups in total. The van der Waals surface area contributed by atoms with Gasteiger partial charge in [0.1, 0.15) is 0 Å². The highest BCUT2D eigenvalue weighted by molar-refractivity contribution is 7.85. The third kappa shape index (κ3) is 4.26. The van der Waals surface area contributed by atoms with Crippen molar-refractivity contribution in [2.75, 3.05) is 11.5 Å². The summed E-state index contributed by atoms with van der Waals surface area (Å²) in [6, 6.07) is 3.63. The summed E-state index contributed by atoms with van der Waals surface area (Å²) in [5, 5.41) is 1.87. The molecule has 0 saturated heterocycles. The summed E-state index contributed by atoms with van der Waals surface area (Å²) in [6.45, 7) is 4.14. The molecule has 0 bridgehead atoms. The molecule has 0 amide bonds. The highest BCUT2D eigenvalue weighted by Gasteiger charge is 2.13. The Balaban J connectivity index is 2.42. The number of thiophene rings is 1. The van der Waals surface area contributed by atoms with Crippen molar-refractivity contribution in [1.82, 2.24) is 0 Å². The predicted molar refractivity (Wildman–Crippen MR) is 66.0 cm³/mol. The van der Waals surface area contributed by atoms with Crippen molar-refractivity contribution in [3.05, 3.63) is 22.4 Å². The molecule has 1 heterocycles.